The SMILES string of the molecule is COCC(C)Oc1cccc(C#CCCl)c1. The zero-order chi connectivity index (χ0) is 11.8. The lowest BCUT2D eigenvalue weighted by Gasteiger charge is -2.13. The molecular formula is C13H15ClO2. The average molecular weight is 239 g/mol. The first-order valence-electron chi connectivity index (χ1n) is 5.06. The molecule has 16 heavy (non-hydrogen) atoms. The van der Waals surface area contributed by atoms with Crippen molar-refractivity contribution in [2.75, 3.05) is 19.6 Å². The van der Waals surface area contributed by atoms with Crippen molar-refractivity contribution in [3.8, 4) is 17.6 Å². The molecule has 0 aliphatic rings. The third-order valence-corrected chi connectivity index (χ3v) is 2.01. The first-order valence-corrected chi connectivity index (χ1v) is 5.60. The van der Waals surface area contributed by atoms with Crippen molar-refractivity contribution in [2.45, 2.75) is 13.0 Å². The van der Waals surface area contributed by atoms with Crippen molar-refractivity contribution < 1.29 is 9.47 Å². The number of alkyl halides is 1. The normalized spacial score (nSPS) is 11.4. The van der Waals surface area contributed by atoms with Gasteiger partial charge in [0.15, 0.2) is 0 Å². The monoisotopic (exact) mass is 238 g/mol. The smallest absolute Gasteiger partial charge is 0.121 e. The summed E-state index contributed by atoms with van der Waals surface area (Å²) in [5.41, 5.74) is 0.905. The van der Waals surface area contributed by atoms with Crippen molar-refractivity contribution in [1.29, 1.82) is 0 Å². The van der Waals surface area contributed by atoms with Gasteiger partial charge in [0, 0.05) is 12.7 Å². The van der Waals surface area contributed by atoms with Gasteiger partial charge < -0.3 is 9.47 Å². The number of benzene rings is 1. The van der Waals surface area contributed by atoms with Gasteiger partial charge in [0.05, 0.1) is 12.5 Å². The average Bonchev–Trinajstić information content (AvgIpc) is 2.27. The number of ether oxygens (including phenoxy) is 2. The molecular weight excluding hydrogens is 224 g/mol. The summed E-state index contributed by atoms with van der Waals surface area (Å²) in [5, 5.41) is 0. The van der Waals surface area contributed by atoms with Crippen LogP contribution in [-0.2, 0) is 4.74 Å². The van der Waals surface area contributed by atoms with E-state index in [1.54, 1.807) is 7.11 Å². The van der Waals surface area contributed by atoms with E-state index in [2.05, 4.69) is 11.8 Å². The zero-order valence-corrected chi connectivity index (χ0v) is 10.3. The molecule has 0 aliphatic carbocycles. The van der Waals surface area contributed by atoms with E-state index in [9.17, 15) is 0 Å². The van der Waals surface area contributed by atoms with Gasteiger partial charge in [-0.2, -0.15) is 0 Å². The maximum Gasteiger partial charge on any atom is 0.121 e. The molecule has 0 saturated heterocycles. The molecule has 1 rings (SSSR count). The molecule has 0 aromatic heterocycles. The van der Waals surface area contributed by atoms with Gasteiger partial charge >= 0.3 is 0 Å². The van der Waals surface area contributed by atoms with Crippen LogP contribution in [0.4, 0.5) is 0 Å². The molecule has 1 aromatic carbocycles. The maximum absolute atomic E-state index is 5.65. The summed E-state index contributed by atoms with van der Waals surface area (Å²) in [4.78, 5) is 0. The fraction of sp³-hybridized carbons (Fsp3) is 0.385. The van der Waals surface area contributed by atoms with Gasteiger partial charge in [0.2, 0.25) is 0 Å². The molecule has 0 amide bonds. The highest BCUT2D eigenvalue weighted by molar-refractivity contribution is 6.19. The van der Waals surface area contributed by atoms with E-state index in [-0.39, 0.29) is 6.10 Å². The second-order valence-electron chi connectivity index (χ2n) is 3.35. The molecule has 1 aromatic rings. The summed E-state index contributed by atoms with van der Waals surface area (Å²) < 4.78 is 10.7. The van der Waals surface area contributed by atoms with Gasteiger partial charge in [-0.3, -0.25) is 0 Å². The van der Waals surface area contributed by atoms with E-state index in [0.717, 1.165) is 11.3 Å². The predicted octanol–water partition coefficient (Wildman–Crippen LogP) is 2.69. The Labute approximate surface area is 102 Å². The van der Waals surface area contributed by atoms with Gasteiger partial charge in [-0.05, 0) is 25.1 Å². The Balaban J connectivity index is 2.67. The van der Waals surface area contributed by atoms with Crippen LogP contribution in [0.5, 0.6) is 5.75 Å². The van der Waals surface area contributed by atoms with Crippen LogP contribution in [0.3, 0.4) is 0 Å². The third kappa shape index (κ3) is 4.57. The van der Waals surface area contributed by atoms with Crippen molar-refractivity contribution in [2.24, 2.45) is 0 Å². The first kappa shape index (κ1) is 12.9. The summed E-state index contributed by atoms with van der Waals surface area (Å²) in [7, 11) is 1.65. The summed E-state index contributed by atoms with van der Waals surface area (Å²) >= 11 is 5.50. The van der Waals surface area contributed by atoms with Crippen molar-refractivity contribution >= 4 is 11.6 Å². The van der Waals surface area contributed by atoms with Gasteiger partial charge in [-0.1, -0.05) is 17.9 Å². The van der Waals surface area contributed by atoms with E-state index < -0.39 is 0 Å². The van der Waals surface area contributed by atoms with Crippen LogP contribution in [0.1, 0.15) is 12.5 Å². The Morgan fingerprint density at radius 3 is 2.94 bits per heavy atom. The molecule has 0 saturated carbocycles. The Morgan fingerprint density at radius 2 is 2.25 bits per heavy atom. The lowest BCUT2D eigenvalue weighted by molar-refractivity contribution is 0.0921. The maximum atomic E-state index is 5.65. The van der Waals surface area contributed by atoms with Crippen LogP contribution in [0.15, 0.2) is 24.3 Å². The molecule has 86 valence electrons. The molecule has 0 spiro atoms. The minimum atomic E-state index is 0.0289. The van der Waals surface area contributed by atoms with E-state index >= 15 is 0 Å². The van der Waals surface area contributed by atoms with Crippen LogP contribution < -0.4 is 4.74 Å². The second-order valence-corrected chi connectivity index (χ2v) is 3.61. The second kappa shape index (κ2) is 7.16. The fourth-order valence-electron chi connectivity index (χ4n) is 1.28. The molecule has 0 N–H and O–H groups in total. The van der Waals surface area contributed by atoms with Gasteiger partial charge in [0.1, 0.15) is 11.9 Å². The van der Waals surface area contributed by atoms with Gasteiger partial charge in [-0.25, -0.2) is 0 Å². The summed E-state index contributed by atoms with van der Waals surface area (Å²) in [6.45, 7) is 2.53. The highest BCUT2D eigenvalue weighted by atomic mass is 35.5. The Bertz CT molecular complexity index is 379. The fourth-order valence-corrected chi connectivity index (χ4v) is 1.35. The molecule has 0 fully saturated rings. The van der Waals surface area contributed by atoms with E-state index in [4.69, 9.17) is 21.1 Å². The molecule has 2 nitrogen and oxygen atoms in total. The van der Waals surface area contributed by atoms with Crippen LogP contribution in [0.2, 0.25) is 0 Å². The highest BCUT2D eigenvalue weighted by Crippen LogP contribution is 2.14. The lowest BCUT2D eigenvalue weighted by atomic mass is 10.2. The summed E-state index contributed by atoms with van der Waals surface area (Å²) in [6.07, 6.45) is 0.0289. The molecule has 1 atom stereocenters. The van der Waals surface area contributed by atoms with Crippen LogP contribution in [0.25, 0.3) is 0 Å². The highest BCUT2D eigenvalue weighted by Gasteiger charge is 2.02. The Morgan fingerprint density at radius 1 is 1.44 bits per heavy atom. The minimum Gasteiger partial charge on any atom is -0.488 e. The van der Waals surface area contributed by atoms with Crippen LogP contribution in [0, 0.1) is 11.8 Å². The van der Waals surface area contributed by atoms with Gasteiger partial charge in [-0.15, -0.1) is 11.6 Å². The quantitative estimate of drug-likeness (QED) is 0.593. The topological polar surface area (TPSA) is 18.5 Å². The third-order valence-electron chi connectivity index (χ3n) is 1.87. The molecule has 0 bridgehead atoms. The molecule has 3 heteroatoms. The summed E-state index contributed by atoms with van der Waals surface area (Å²) in [6, 6.07) is 7.63. The minimum absolute atomic E-state index is 0.0289. The molecule has 1 unspecified atom stereocenters. The lowest BCUT2D eigenvalue weighted by Crippen LogP contribution is -2.17. The zero-order valence-electron chi connectivity index (χ0n) is 9.50. The largest absolute Gasteiger partial charge is 0.488 e. The molecule has 0 aliphatic heterocycles. The number of hydrogen-bond donors (Lipinski definition) is 0. The summed E-state index contributed by atoms with van der Waals surface area (Å²) in [5.74, 6) is 6.89. The van der Waals surface area contributed by atoms with Crippen molar-refractivity contribution in [3.63, 3.8) is 0 Å². The predicted molar refractivity (Wildman–Crippen MR) is 66.0 cm³/mol. The van der Waals surface area contributed by atoms with E-state index in [1.165, 1.54) is 0 Å². The standard InChI is InChI=1S/C13H15ClO2/c1-11(10-15-2)16-13-7-3-5-12(9-13)6-4-8-14/h3,5,7,9,11H,8,10H2,1-2H3. The number of methoxy groups -OCH3 is 1. The van der Waals surface area contributed by atoms with Crippen LogP contribution in [-0.4, -0.2) is 25.7 Å². The first-order chi connectivity index (χ1) is 7.76. The van der Waals surface area contributed by atoms with Crippen molar-refractivity contribution in [3.05, 3.63) is 29.8 Å². The molecule has 0 heterocycles. The Kier molecular flexibility index (Phi) is 5.77. The number of hydrogen-bond acceptors (Lipinski definition) is 2. The Hall–Kier alpha value is -1.17. The van der Waals surface area contributed by atoms with Gasteiger partial charge in [0.25, 0.3) is 0 Å². The molecule has 0 radical (unpaired) electrons. The van der Waals surface area contributed by atoms with E-state index in [0.29, 0.717) is 12.5 Å². The van der Waals surface area contributed by atoms with E-state index in [1.807, 2.05) is 31.2 Å². The van der Waals surface area contributed by atoms with Crippen molar-refractivity contribution in [1.82, 2.24) is 0 Å². The number of halogens is 1. The number of rotatable bonds is 4. The van der Waals surface area contributed by atoms with Crippen LogP contribution >= 0.6 is 11.6 Å².